The minimum absolute atomic E-state index is 0.489. The molecule has 1 N–H and O–H groups in total. The molecule has 1 aliphatic heterocycles. The van der Waals surface area contributed by atoms with E-state index in [1.165, 1.54) is 11.3 Å². The largest absolute Gasteiger partial charge is 0.481 e. The van der Waals surface area contributed by atoms with Crippen molar-refractivity contribution in [3.8, 4) is 0 Å². The summed E-state index contributed by atoms with van der Waals surface area (Å²) in [6.07, 6.45) is 3.75. The van der Waals surface area contributed by atoms with Gasteiger partial charge in [0.15, 0.2) is 0 Å². The number of rotatable bonds is 4. The van der Waals surface area contributed by atoms with Gasteiger partial charge in [0.25, 0.3) is 0 Å². The number of allylic oxidation sites excluding steroid dienone is 1. The van der Waals surface area contributed by atoms with Gasteiger partial charge in [-0.15, -0.1) is 16.8 Å². The van der Waals surface area contributed by atoms with E-state index >= 15 is 0 Å². The number of carbonyl (C=O) groups is 1. The SMILES string of the molecule is C=CC[C@]1(C(=O)O)CCCN(c2nnc(C)s2)C1. The van der Waals surface area contributed by atoms with Gasteiger partial charge in [-0.2, -0.15) is 0 Å². The van der Waals surface area contributed by atoms with Crippen LogP contribution in [-0.2, 0) is 4.79 Å². The molecule has 2 heterocycles. The first-order chi connectivity index (χ1) is 8.57. The van der Waals surface area contributed by atoms with Gasteiger partial charge in [-0.25, -0.2) is 0 Å². The molecule has 6 heteroatoms. The number of anilines is 1. The third-order valence-electron chi connectivity index (χ3n) is 3.35. The molecule has 0 unspecified atom stereocenters. The Kier molecular flexibility index (Phi) is 3.65. The van der Waals surface area contributed by atoms with Crippen molar-refractivity contribution in [1.82, 2.24) is 10.2 Å². The maximum absolute atomic E-state index is 11.5. The van der Waals surface area contributed by atoms with E-state index in [9.17, 15) is 9.90 Å². The smallest absolute Gasteiger partial charge is 0.311 e. The lowest BCUT2D eigenvalue weighted by atomic mass is 9.77. The monoisotopic (exact) mass is 267 g/mol. The Morgan fingerprint density at radius 2 is 2.44 bits per heavy atom. The summed E-state index contributed by atoms with van der Waals surface area (Å²) < 4.78 is 0. The highest BCUT2D eigenvalue weighted by atomic mass is 32.1. The van der Waals surface area contributed by atoms with Crippen LogP contribution in [0.25, 0.3) is 0 Å². The first-order valence-electron chi connectivity index (χ1n) is 5.97. The van der Waals surface area contributed by atoms with Crippen LogP contribution in [0.5, 0.6) is 0 Å². The van der Waals surface area contributed by atoms with Gasteiger partial charge in [0, 0.05) is 13.1 Å². The molecule has 0 radical (unpaired) electrons. The van der Waals surface area contributed by atoms with E-state index < -0.39 is 11.4 Å². The number of aromatic nitrogens is 2. The number of nitrogens with zero attached hydrogens (tertiary/aromatic N) is 3. The zero-order chi connectivity index (χ0) is 13.2. The fraction of sp³-hybridized carbons (Fsp3) is 0.583. The average molecular weight is 267 g/mol. The summed E-state index contributed by atoms with van der Waals surface area (Å²) in [6.45, 7) is 6.92. The summed E-state index contributed by atoms with van der Waals surface area (Å²) in [4.78, 5) is 13.6. The maximum Gasteiger partial charge on any atom is 0.311 e. The molecule has 0 bridgehead atoms. The minimum atomic E-state index is -0.742. The van der Waals surface area contributed by atoms with E-state index in [-0.39, 0.29) is 0 Å². The standard InChI is InChI=1S/C12H17N3O2S/c1-3-5-12(10(16)17)6-4-7-15(8-12)11-14-13-9(2)18-11/h3H,1,4-8H2,2H3,(H,16,17)/t12-/m0/s1. The lowest BCUT2D eigenvalue weighted by Crippen LogP contribution is -2.47. The number of aryl methyl sites for hydroxylation is 1. The molecule has 1 atom stereocenters. The minimum Gasteiger partial charge on any atom is -0.481 e. The van der Waals surface area contributed by atoms with Crippen LogP contribution in [0.1, 0.15) is 24.3 Å². The van der Waals surface area contributed by atoms with E-state index in [0.717, 1.165) is 23.1 Å². The third-order valence-corrected chi connectivity index (χ3v) is 4.25. The second kappa shape index (κ2) is 5.06. The Bertz CT molecular complexity index is 460. The molecule has 0 aliphatic carbocycles. The Labute approximate surface area is 110 Å². The molecule has 5 nitrogen and oxygen atoms in total. The molecule has 1 saturated heterocycles. The highest BCUT2D eigenvalue weighted by Gasteiger charge is 2.42. The van der Waals surface area contributed by atoms with Crippen LogP contribution in [0.2, 0.25) is 0 Å². The van der Waals surface area contributed by atoms with Crippen LogP contribution >= 0.6 is 11.3 Å². The van der Waals surface area contributed by atoms with E-state index in [0.29, 0.717) is 19.4 Å². The van der Waals surface area contributed by atoms with Crippen molar-refractivity contribution in [2.75, 3.05) is 18.0 Å². The first kappa shape index (κ1) is 13.0. The summed E-state index contributed by atoms with van der Waals surface area (Å²) in [7, 11) is 0. The number of hydrogen-bond donors (Lipinski definition) is 1. The fourth-order valence-corrected chi connectivity index (χ4v) is 3.13. The molecular weight excluding hydrogens is 250 g/mol. The normalized spacial score (nSPS) is 23.9. The van der Waals surface area contributed by atoms with Crippen molar-refractivity contribution >= 4 is 22.4 Å². The Morgan fingerprint density at radius 1 is 1.67 bits per heavy atom. The number of hydrogen-bond acceptors (Lipinski definition) is 5. The maximum atomic E-state index is 11.5. The number of piperidine rings is 1. The van der Waals surface area contributed by atoms with Gasteiger partial charge >= 0.3 is 5.97 Å². The van der Waals surface area contributed by atoms with Crippen LogP contribution < -0.4 is 4.90 Å². The molecule has 1 aromatic heterocycles. The molecule has 2 rings (SSSR count). The molecular formula is C12H17N3O2S. The van der Waals surface area contributed by atoms with E-state index in [2.05, 4.69) is 16.8 Å². The fourth-order valence-electron chi connectivity index (χ4n) is 2.41. The predicted molar refractivity (Wildman–Crippen MR) is 71.0 cm³/mol. The van der Waals surface area contributed by atoms with Crippen LogP contribution in [0.15, 0.2) is 12.7 Å². The summed E-state index contributed by atoms with van der Waals surface area (Å²) in [5.41, 5.74) is -0.723. The average Bonchev–Trinajstić information content (AvgIpc) is 2.76. The number of aliphatic carboxylic acids is 1. The number of carboxylic acids is 1. The Balaban J connectivity index is 2.21. The van der Waals surface area contributed by atoms with Crippen LogP contribution in [0.4, 0.5) is 5.13 Å². The van der Waals surface area contributed by atoms with Crippen molar-refractivity contribution < 1.29 is 9.90 Å². The van der Waals surface area contributed by atoms with Gasteiger partial charge in [0.1, 0.15) is 5.01 Å². The highest BCUT2D eigenvalue weighted by molar-refractivity contribution is 7.15. The molecule has 0 saturated carbocycles. The van der Waals surface area contributed by atoms with Crippen LogP contribution in [0.3, 0.4) is 0 Å². The molecule has 0 amide bonds. The van der Waals surface area contributed by atoms with Gasteiger partial charge in [-0.05, 0) is 26.2 Å². The second-order valence-corrected chi connectivity index (χ2v) is 5.87. The lowest BCUT2D eigenvalue weighted by molar-refractivity contribution is -0.149. The van der Waals surface area contributed by atoms with Crippen molar-refractivity contribution in [2.24, 2.45) is 5.41 Å². The molecule has 0 aromatic carbocycles. The molecule has 1 fully saturated rings. The van der Waals surface area contributed by atoms with E-state index in [1.807, 2.05) is 11.8 Å². The lowest BCUT2D eigenvalue weighted by Gasteiger charge is -2.39. The second-order valence-electron chi connectivity index (χ2n) is 4.71. The summed E-state index contributed by atoms with van der Waals surface area (Å²) >= 11 is 1.51. The van der Waals surface area contributed by atoms with Gasteiger partial charge in [-0.1, -0.05) is 17.4 Å². The molecule has 0 spiro atoms. The molecule has 98 valence electrons. The van der Waals surface area contributed by atoms with Crippen molar-refractivity contribution in [3.63, 3.8) is 0 Å². The van der Waals surface area contributed by atoms with Crippen molar-refractivity contribution in [2.45, 2.75) is 26.2 Å². The number of carboxylic acid groups (broad SMARTS) is 1. The van der Waals surface area contributed by atoms with Crippen LogP contribution in [-0.4, -0.2) is 34.4 Å². The predicted octanol–water partition coefficient (Wildman–Crippen LogP) is 2.09. The quantitative estimate of drug-likeness (QED) is 0.846. The summed E-state index contributed by atoms with van der Waals surface area (Å²) in [6, 6.07) is 0. The van der Waals surface area contributed by atoms with Gasteiger partial charge in [0.2, 0.25) is 5.13 Å². The highest BCUT2D eigenvalue weighted by Crippen LogP contribution is 2.36. The molecule has 1 aliphatic rings. The molecule has 18 heavy (non-hydrogen) atoms. The van der Waals surface area contributed by atoms with E-state index in [1.54, 1.807) is 6.08 Å². The zero-order valence-corrected chi connectivity index (χ0v) is 11.2. The Morgan fingerprint density at radius 3 is 3.00 bits per heavy atom. The van der Waals surface area contributed by atoms with Crippen molar-refractivity contribution in [1.29, 1.82) is 0 Å². The van der Waals surface area contributed by atoms with Crippen molar-refractivity contribution in [3.05, 3.63) is 17.7 Å². The summed E-state index contributed by atoms with van der Waals surface area (Å²) in [5.74, 6) is -0.742. The summed E-state index contributed by atoms with van der Waals surface area (Å²) in [5, 5.41) is 19.3. The van der Waals surface area contributed by atoms with Crippen LogP contribution in [0, 0.1) is 12.3 Å². The topological polar surface area (TPSA) is 66.3 Å². The molecule has 1 aromatic rings. The van der Waals surface area contributed by atoms with Gasteiger partial charge < -0.3 is 10.0 Å². The first-order valence-corrected chi connectivity index (χ1v) is 6.78. The zero-order valence-electron chi connectivity index (χ0n) is 10.4. The van der Waals surface area contributed by atoms with Gasteiger partial charge in [-0.3, -0.25) is 4.79 Å². The Hall–Kier alpha value is -1.43. The third kappa shape index (κ3) is 2.38. The van der Waals surface area contributed by atoms with Gasteiger partial charge in [0.05, 0.1) is 5.41 Å². The van der Waals surface area contributed by atoms with E-state index in [4.69, 9.17) is 0 Å².